The first-order chi connectivity index (χ1) is 24.0. The van der Waals surface area contributed by atoms with Crippen LogP contribution in [0, 0.1) is 18.3 Å². The minimum Gasteiger partial charge on any atom is -0.448 e. The molecule has 2 aromatic heterocycles. The predicted molar refractivity (Wildman–Crippen MR) is 191 cm³/mol. The normalized spacial score (nSPS) is 22.8. The van der Waals surface area contributed by atoms with Crippen molar-refractivity contribution in [2.24, 2.45) is 11.3 Å². The second-order valence-corrected chi connectivity index (χ2v) is 16.0. The Morgan fingerprint density at radius 3 is 2.46 bits per heavy atom. The number of thiazole rings is 1. The number of nitrogens with zero attached hydrogens (tertiary/aromatic N) is 6. The Bertz CT molecular complexity index is 1690. The summed E-state index contributed by atoms with van der Waals surface area (Å²) in [6, 6.07) is 9.67. The molecule has 268 valence electrons. The van der Waals surface area contributed by atoms with Crippen molar-refractivity contribution >= 4 is 35.1 Å². The van der Waals surface area contributed by atoms with E-state index in [9.17, 15) is 14.4 Å². The third kappa shape index (κ3) is 6.73. The summed E-state index contributed by atoms with van der Waals surface area (Å²) >= 11 is 1.62. The molecule has 1 spiro atoms. The Morgan fingerprint density at radius 2 is 1.80 bits per heavy atom. The highest BCUT2D eigenvalue weighted by atomic mass is 32.1. The van der Waals surface area contributed by atoms with Crippen molar-refractivity contribution in [3.63, 3.8) is 0 Å². The van der Waals surface area contributed by atoms with E-state index in [-0.39, 0.29) is 35.3 Å². The second kappa shape index (κ2) is 14.0. The van der Waals surface area contributed by atoms with Crippen molar-refractivity contribution in [3.8, 4) is 10.4 Å². The van der Waals surface area contributed by atoms with Crippen LogP contribution in [-0.4, -0.2) is 108 Å². The molecule has 1 N–H and O–H groups in total. The van der Waals surface area contributed by atoms with Gasteiger partial charge in [-0.3, -0.25) is 9.59 Å². The number of benzene rings is 1. The number of ether oxygens (including phenoxy) is 1. The number of nitrogens with one attached hydrogen (secondary N) is 1. The minimum absolute atomic E-state index is 0.0471. The molecule has 0 aliphatic carbocycles. The van der Waals surface area contributed by atoms with Crippen LogP contribution in [-0.2, 0) is 14.3 Å². The summed E-state index contributed by atoms with van der Waals surface area (Å²) in [5.41, 5.74) is 5.02. The fraction of sp³-hybridized carbons (Fsp3) is 0.595. The average molecular weight is 704 g/mol. The van der Waals surface area contributed by atoms with Crippen molar-refractivity contribution < 1.29 is 23.6 Å². The van der Waals surface area contributed by atoms with Gasteiger partial charge in [-0.05, 0) is 70.2 Å². The quantitative estimate of drug-likeness (QED) is 0.308. The molecule has 4 saturated heterocycles. The number of anilines is 1. The van der Waals surface area contributed by atoms with Gasteiger partial charge >= 0.3 is 6.09 Å². The molecule has 1 aromatic carbocycles. The van der Waals surface area contributed by atoms with Gasteiger partial charge in [-0.25, -0.2) is 9.78 Å². The van der Waals surface area contributed by atoms with Crippen molar-refractivity contribution in [3.05, 3.63) is 52.9 Å². The maximum Gasteiger partial charge on any atom is 0.409 e. The molecule has 4 unspecified atom stereocenters. The molecule has 0 bridgehead atoms. The number of carbonyl (C=O) groups excluding carboxylic acids is 3. The maximum atomic E-state index is 14.1. The van der Waals surface area contributed by atoms with Crippen molar-refractivity contribution in [1.82, 2.24) is 30.2 Å². The van der Waals surface area contributed by atoms with Crippen LogP contribution in [0.2, 0.25) is 0 Å². The van der Waals surface area contributed by atoms with Gasteiger partial charge in [0.1, 0.15) is 18.6 Å². The number of hydrogen-bond acceptors (Lipinski definition) is 10. The van der Waals surface area contributed by atoms with Crippen molar-refractivity contribution in [1.29, 1.82) is 0 Å². The molecule has 3 aromatic rings. The number of carbonyl (C=O) groups is 3. The molecule has 6 heterocycles. The molecule has 50 heavy (non-hydrogen) atoms. The molecule has 7 rings (SSSR count). The zero-order valence-corrected chi connectivity index (χ0v) is 30.6. The number of amides is 3. The first-order valence-electron chi connectivity index (χ1n) is 18.0. The molecule has 13 heteroatoms. The second-order valence-electron chi connectivity index (χ2n) is 15.2. The van der Waals surface area contributed by atoms with Crippen LogP contribution >= 0.6 is 11.3 Å². The molecule has 0 radical (unpaired) electrons. The largest absolute Gasteiger partial charge is 0.448 e. The fourth-order valence-electron chi connectivity index (χ4n) is 8.15. The SMILES string of the molecule is Cc1ncsc1-c1ccc(C(C)NC(=O)C2CCCN2C(=O)C(c2cc(N3CC4(CN(C(=O)OCC5CCCN5C)C4)C3)no2)C(C)C)cc1. The Kier molecular flexibility index (Phi) is 9.64. The van der Waals surface area contributed by atoms with E-state index in [0.717, 1.165) is 60.6 Å². The number of aromatic nitrogens is 2. The van der Waals surface area contributed by atoms with Gasteiger partial charge in [0.05, 0.1) is 22.1 Å². The lowest BCUT2D eigenvalue weighted by molar-refractivity contribution is -0.141. The van der Waals surface area contributed by atoms with Gasteiger partial charge in [0.25, 0.3) is 0 Å². The van der Waals surface area contributed by atoms with Gasteiger partial charge in [0, 0.05) is 50.2 Å². The number of hydrogen-bond donors (Lipinski definition) is 1. The predicted octanol–water partition coefficient (Wildman–Crippen LogP) is 5.07. The minimum atomic E-state index is -0.548. The van der Waals surface area contributed by atoms with Crippen molar-refractivity contribution in [2.75, 3.05) is 57.8 Å². The summed E-state index contributed by atoms with van der Waals surface area (Å²) in [7, 11) is 2.08. The lowest BCUT2D eigenvalue weighted by Gasteiger charge is -2.59. The highest BCUT2D eigenvalue weighted by molar-refractivity contribution is 7.13. The molecule has 3 amide bonds. The summed E-state index contributed by atoms with van der Waals surface area (Å²) in [5, 5.41) is 7.51. The average Bonchev–Trinajstić information content (AvgIpc) is 3.87. The van der Waals surface area contributed by atoms with Gasteiger partial charge in [-0.15, -0.1) is 11.3 Å². The number of rotatable bonds is 10. The highest BCUT2D eigenvalue weighted by Crippen LogP contribution is 2.43. The first kappa shape index (κ1) is 34.5. The zero-order valence-electron chi connectivity index (χ0n) is 29.8. The molecular weight excluding hydrogens is 655 g/mol. The summed E-state index contributed by atoms with van der Waals surface area (Å²) in [4.78, 5) is 53.7. The molecule has 0 saturated carbocycles. The Balaban J connectivity index is 0.922. The van der Waals surface area contributed by atoms with Gasteiger partial charge in [-0.2, -0.15) is 0 Å². The van der Waals surface area contributed by atoms with Gasteiger partial charge < -0.3 is 34.2 Å². The van der Waals surface area contributed by atoms with Crippen LogP contribution in [0.4, 0.5) is 10.6 Å². The Hall–Kier alpha value is -3.97. The van der Waals surface area contributed by atoms with Gasteiger partial charge in [0.2, 0.25) is 11.8 Å². The topological polar surface area (TPSA) is 124 Å². The van der Waals surface area contributed by atoms with E-state index in [1.54, 1.807) is 21.1 Å². The third-order valence-electron chi connectivity index (χ3n) is 11.1. The third-order valence-corrected chi connectivity index (χ3v) is 12.1. The molecule has 4 aliphatic heterocycles. The van der Waals surface area contributed by atoms with E-state index in [1.807, 2.05) is 51.4 Å². The van der Waals surface area contributed by atoms with E-state index < -0.39 is 12.0 Å². The molecule has 4 atom stereocenters. The lowest BCUT2D eigenvalue weighted by Crippen LogP contribution is -2.73. The van der Waals surface area contributed by atoms with E-state index in [1.165, 1.54) is 0 Å². The lowest BCUT2D eigenvalue weighted by atomic mass is 9.73. The van der Waals surface area contributed by atoms with Crippen LogP contribution in [0.15, 0.2) is 40.4 Å². The standard InChI is InChI=1S/C37H49N7O5S/c1-23(2)32(30-16-31(40-49-30)42-18-37(19-42)20-43(21-37)36(47)48-17-28-8-6-14-41(28)5)35(46)44-15-7-9-29(44)34(45)39-24(3)26-10-12-27(13-11-26)33-25(4)38-22-50-33/h10-13,16,22-24,28-29,32H,6-9,14-15,17-21H2,1-5H3,(H,39,45). The monoisotopic (exact) mass is 703 g/mol. The number of aryl methyl sites for hydroxylation is 1. The van der Waals surface area contributed by atoms with E-state index in [2.05, 4.69) is 44.4 Å². The molecule has 4 fully saturated rings. The summed E-state index contributed by atoms with van der Waals surface area (Å²) < 4.78 is 11.4. The van der Waals surface area contributed by atoms with Gasteiger partial charge in [-0.1, -0.05) is 43.3 Å². The number of likely N-dealkylation sites (tertiary alicyclic amines) is 3. The van der Waals surface area contributed by atoms with Crippen molar-refractivity contribution in [2.45, 2.75) is 77.4 Å². The van der Waals surface area contributed by atoms with Gasteiger partial charge in [0.15, 0.2) is 11.6 Å². The van der Waals surface area contributed by atoms with E-state index >= 15 is 0 Å². The first-order valence-corrected chi connectivity index (χ1v) is 18.8. The Morgan fingerprint density at radius 1 is 1.06 bits per heavy atom. The smallest absolute Gasteiger partial charge is 0.409 e. The van der Waals surface area contributed by atoms with Crippen LogP contribution in [0.5, 0.6) is 0 Å². The zero-order chi connectivity index (χ0) is 35.2. The van der Waals surface area contributed by atoms with Crippen LogP contribution in [0.3, 0.4) is 0 Å². The Labute approximate surface area is 298 Å². The summed E-state index contributed by atoms with van der Waals surface area (Å²) in [5.74, 6) is 0.386. The molecular formula is C37H49N7O5S. The van der Waals surface area contributed by atoms with E-state index in [4.69, 9.17) is 9.26 Å². The van der Waals surface area contributed by atoms with Crippen LogP contribution in [0.25, 0.3) is 10.4 Å². The maximum absolute atomic E-state index is 14.1. The number of likely N-dealkylation sites (N-methyl/N-ethyl adjacent to an activating group) is 1. The fourth-order valence-corrected chi connectivity index (χ4v) is 8.97. The van der Waals surface area contributed by atoms with Crippen LogP contribution < -0.4 is 10.2 Å². The molecule has 12 nitrogen and oxygen atoms in total. The molecule has 4 aliphatic rings. The summed E-state index contributed by atoms with van der Waals surface area (Å²) in [6.07, 6.45) is 3.39. The highest BCUT2D eigenvalue weighted by Gasteiger charge is 2.54. The summed E-state index contributed by atoms with van der Waals surface area (Å²) in [6.45, 7) is 12.9. The van der Waals surface area contributed by atoms with E-state index in [0.29, 0.717) is 50.3 Å². The van der Waals surface area contributed by atoms with Crippen LogP contribution in [0.1, 0.15) is 75.4 Å².